The molecule has 1 N–H and O–H groups in total. The average molecular weight is 452 g/mol. The second-order valence-corrected chi connectivity index (χ2v) is 9.18. The van der Waals surface area contributed by atoms with Crippen molar-refractivity contribution in [3.8, 4) is 17.2 Å². The van der Waals surface area contributed by atoms with Gasteiger partial charge in [-0.25, -0.2) is 4.98 Å². The first-order valence-electron chi connectivity index (χ1n) is 10.9. The van der Waals surface area contributed by atoms with Crippen LogP contribution in [0.5, 0.6) is 0 Å². The van der Waals surface area contributed by atoms with Crippen LogP contribution >= 0.6 is 0 Å². The van der Waals surface area contributed by atoms with Crippen molar-refractivity contribution in [2.24, 2.45) is 0 Å². The molecule has 1 aromatic carbocycles. The van der Waals surface area contributed by atoms with Crippen LogP contribution < -0.4 is 0 Å². The minimum atomic E-state index is -4.35. The Bertz CT molecular complexity index is 1380. The Morgan fingerprint density at radius 3 is 2.64 bits per heavy atom. The third kappa shape index (κ3) is 3.98. The lowest BCUT2D eigenvalue weighted by Gasteiger charge is -2.34. The highest BCUT2D eigenvalue weighted by Gasteiger charge is 2.31. The van der Waals surface area contributed by atoms with Gasteiger partial charge in [-0.05, 0) is 62.4 Å². The first kappa shape index (κ1) is 21.5. The molecule has 1 aliphatic carbocycles. The standard InChI is InChI=1S/C25H23F3N4O/c1-24(33)8-4-18(5-9-24)31-10-6-17-12-16(2-3-22(17)31)20-7-11-32-19(13-25(26,27)28)15-30-23(32)21(20)14-29/h2-3,6-7,10-12,15,18,33H,4-5,8-9,13H2,1H3. The maximum absolute atomic E-state index is 12.9. The Hall–Kier alpha value is -3.31. The van der Waals surface area contributed by atoms with E-state index in [1.165, 1.54) is 10.6 Å². The molecule has 0 radical (unpaired) electrons. The number of nitrogens with zero attached hydrogens (tertiary/aromatic N) is 4. The van der Waals surface area contributed by atoms with E-state index in [2.05, 4.69) is 21.8 Å². The summed E-state index contributed by atoms with van der Waals surface area (Å²) in [5, 5.41) is 21.1. The lowest BCUT2D eigenvalue weighted by molar-refractivity contribution is -0.127. The van der Waals surface area contributed by atoms with Crippen LogP contribution in [0.4, 0.5) is 13.2 Å². The number of nitriles is 1. The number of imidazole rings is 1. The molecule has 170 valence electrons. The van der Waals surface area contributed by atoms with E-state index < -0.39 is 18.2 Å². The molecule has 1 saturated carbocycles. The number of fused-ring (bicyclic) bond motifs is 2. The minimum absolute atomic E-state index is 0.000428. The number of pyridine rings is 1. The number of hydrogen-bond donors (Lipinski definition) is 1. The van der Waals surface area contributed by atoms with Crippen LogP contribution in [0.3, 0.4) is 0 Å². The molecule has 4 aromatic rings. The van der Waals surface area contributed by atoms with E-state index in [9.17, 15) is 23.5 Å². The molecule has 0 spiro atoms. The summed E-state index contributed by atoms with van der Waals surface area (Å²) in [5.74, 6) is 0. The topological polar surface area (TPSA) is 66.2 Å². The predicted octanol–water partition coefficient (Wildman–Crippen LogP) is 5.80. The van der Waals surface area contributed by atoms with Gasteiger partial charge in [0.1, 0.15) is 11.6 Å². The fourth-order valence-electron chi connectivity index (χ4n) is 4.94. The first-order valence-corrected chi connectivity index (χ1v) is 10.9. The van der Waals surface area contributed by atoms with E-state index in [0.717, 1.165) is 42.1 Å². The van der Waals surface area contributed by atoms with Crippen molar-refractivity contribution in [2.45, 2.75) is 56.8 Å². The number of rotatable bonds is 3. The molecule has 33 heavy (non-hydrogen) atoms. The zero-order valence-electron chi connectivity index (χ0n) is 18.1. The smallest absolute Gasteiger partial charge is 0.390 e. The Kier molecular flexibility index (Phi) is 4.98. The second-order valence-electron chi connectivity index (χ2n) is 9.18. The normalized spacial score (nSPS) is 21.5. The van der Waals surface area contributed by atoms with Gasteiger partial charge in [0.2, 0.25) is 0 Å². The molecule has 8 heteroatoms. The molecule has 3 heterocycles. The number of halogens is 3. The SMILES string of the molecule is CC1(O)CCC(n2ccc3cc(-c4ccn5c(CC(F)(F)F)cnc5c4C#N)ccc32)CC1. The number of aromatic nitrogens is 3. The number of alkyl halides is 3. The molecule has 0 bridgehead atoms. The van der Waals surface area contributed by atoms with Gasteiger partial charge in [-0.1, -0.05) is 6.07 Å². The number of hydrogen-bond acceptors (Lipinski definition) is 3. The van der Waals surface area contributed by atoms with Crippen LogP contribution in [-0.4, -0.2) is 30.8 Å². The van der Waals surface area contributed by atoms with Crippen molar-refractivity contribution < 1.29 is 18.3 Å². The van der Waals surface area contributed by atoms with Gasteiger partial charge >= 0.3 is 6.18 Å². The Balaban J connectivity index is 1.52. The van der Waals surface area contributed by atoms with Crippen LogP contribution in [0.2, 0.25) is 0 Å². The Morgan fingerprint density at radius 2 is 1.94 bits per heavy atom. The van der Waals surface area contributed by atoms with Crippen molar-refractivity contribution in [1.82, 2.24) is 14.0 Å². The molecule has 3 aromatic heterocycles. The van der Waals surface area contributed by atoms with E-state index in [1.54, 1.807) is 12.3 Å². The minimum Gasteiger partial charge on any atom is -0.390 e. The highest BCUT2D eigenvalue weighted by Crippen LogP contribution is 2.37. The molecular weight excluding hydrogens is 429 g/mol. The zero-order chi connectivity index (χ0) is 23.4. The molecule has 0 aliphatic heterocycles. The van der Waals surface area contributed by atoms with Crippen molar-refractivity contribution in [3.63, 3.8) is 0 Å². The van der Waals surface area contributed by atoms with Crippen molar-refractivity contribution in [1.29, 1.82) is 5.26 Å². The van der Waals surface area contributed by atoms with Crippen LogP contribution in [0.1, 0.15) is 49.9 Å². The fraction of sp³-hybridized carbons (Fsp3) is 0.360. The lowest BCUT2D eigenvalue weighted by atomic mass is 9.83. The van der Waals surface area contributed by atoms with Crippen molar-refractivity contribution >= 4 is 16.6 Å². The maximum Gasteiger partial charge on any atom is 0.394 e. The molecule has 1 aliphatic rings. The molecule has 0 unspecified atom stereocenters. The summed E-state index contributed by atoms with van der Waals surface area (Å²) in [5.41, 5.74) is 2.41. The summed E-state index contributed by atoms with van der Waals surface area (Å²) in [6.07, 6.45) is 2.68. The van der Waals surface area contributed by atoms with Gasteiger partial charge < -0.3 is 14.1 Å². The Labute approximate surface area is 188 Å². The molecule has 5 rings (SSSR count). The average Bonchev–Trinajstić information content (AvgIpc) is 3.36. The second kappa shape index (κ2) is 7.63. The van der Waals surface area contributed by atoms with Crippen LogP contribution in [-0.2, 0) is 6.42 Å². The van der Waals surface area contributed by atoms with Gasteiger partial charge in [0, 0.05) is 41.1 Å². The summed E-state index contributed by atoms with van der Waals surface area (Å²) in [6, 6.07) is 12.1. The van der Waals surface area contributed by atoms with Gasteiger partial charge in [0.15, 0.2) is 5.65 Å². The zero-order valence-corrected chi connectivity index (χ0v) is 18.1. The van der Waals surface area contributed by atoms with Gasteiger partial charge in [-0.2, -0.15) is 18.4 Å². The summed E-state index contributed by atoms with van der Waals surface area (Å²) < 4.78 is 42.2. The summed E-state index contributed by atoms with van der Waals surface area (Å²) in [6.45, 7) is 1.89. The number of benzene rings is 1. The molecule has 0 atom stereocenters. The van der Waals surface area contributed by atoms with E-state index in [4.69, 9.17) is 0 Å². The largest absolute Gasteiger partial charge is 0.394 e. The summed E-state index contributed by atoms with van der Waals surface area (Å²) in [7, 11) is 0. The number of aliphatic hydroxyl groups is 1. The van der Waals surface area contributed by atoms with E-state index in [1.807, 2.05) is 31.2 Å². The van der Waals surface area contributed by atoms with Crippen LogP contribution in [0.25, 0.3) is 27.7 Å². The summed E-state index contributed by atoms with van der Waals surface area (Å²) in [4.78, 5) is 4.12. The van der Waals surface area contributed by atoms with E-state index >= 15 is 0 Å². The highest BCUT2D eigenvalue weighted by molar-refractivity contribution is 5.88. The molecule has 0 amide bonds. The third-order valence-corrected chi connectivity index (χ3v) is 6.71. The van der Waals surface area contributed by atoms with Gasteiger partial charge in [-0.3, -0.25) is 0 Å². The predicted molar refractivity (Wildman–Crippen MR) is 119 cm³/mol. The quantitative estimate of drug-likeness (QED) is 0.427. The van der Waals surface area contributed by atoms with Crippen molar-refractivity contribution in [2.75, 3.05) is 0 Å². The third-order valence-electron chi connectivity index (χ3n) is 6.71. The molecule has 1 fully saturated rings. The van der Waals surface area contributed by atoms with E-state index in [-0.39, 0.29) is 16.9 Å². The maximum atomic E-state index is 12.9. The van der Waals surface area contributed by atoms with Gasteiger partial charge in [0.05, 0.1) is 17.7 Å². The van der Waals surface area contributed by atoms with Crippen molar-refractivity contribution in [3.05, 3.63) is 60.2 Å². The van der Waals surface area contributed by atoms with E-state index in [0.29, 0.717) is 11.6 Å². The first-order chi connectivity index (χ1) is 15.6. The Morgan fingerprint density at radius 1 is 1.18 bits per heavy atom. The van der Waals surface area contributed by atoms with Gasteiger partial charge in [0.25, 0.3) is 0 Å². The fourth-order valence-corrected chi connectivity index (χ4v) is 4.94. The highest BCUT2D eigenvalue weighted by atomic mass is 19.4. The molecule has 5 nitrogen and oxygen atoms in total. The molecular formula is C25H23F3N4O. The monoisotopic (exact) mass is 452 g/mol. The lowest BCUT2D eigenvalue weighted by Crippen LogP contribution is -2.31. The van der Waals surface area contributed by atoms with Gasteiger partial charge in [-0.15, -0.1) is 0 Å². The summed E-state index contributed by atoms with van der Waals surface area (Å²) >= 11 is 0. The molecule has 0 saturated heterocycles. The van der Waals surface area contributed by atoms with Crippen LogP contribution in [0, 0.1) is 11.3 Å². The van der Waals surface area contributed by atoms with Crippen LogP contribution in [0.15, 0.2) is 48.9 Å².